The van der Waals surface area contributed by atoms with Gasteiger partial charge in [0.25, 0.3) is 5.82 Å². The predicted octanol–water partition coefficient (Wildman–Crippen LogP) is 1.20. The van der Waals surface area contributed by atoms with Crippen molar-refractivity contribution in [2.75, 3.05) is 19.5 Å². The highest BCUT2D eigenvalue weighted by Crippen LogP contribution is 2.05. The average Bonchev–Trinajstić information content (AvgIpc) is 2.59. The van der Waals surface area contributed by atoms with Gasteiger partial charge in [-0.25, -0.2) is 9.55 Å². The van der Waals surface area contributed by atoms with Crippen LogP contribution in [0.4, 0.5) is 0 Å². The van der Waals surface area contributed by atoms with Crippen molar-refractivity contribution in [3.05, 3.63) is 18.2 Å². The fourth-order valence-corrected chi connectivity index (χ4v) is 1.77. The number of methoxy groups -OCH3 is 1. The zero-order valence-corrected chi connectivity index (χ0v) is 9.06. The van der Waals surface area contributed by atoms with Gasteiger partial charge in [0, 0.05) is 7.11 Å². The van der Waals surface area contributed by atoms with Crippen molar-refractivity contribution in [2.45, 2.75) is 19.2 Å². The lowest BCUT2D eigenvalue weighted by molar-refractivity contribution is -0.703. The Hall–Kier alpha value is -0.480. The van der Waals surface area contributed by atoms with Gasteiger partial charge in [0.2, 0.25) is 0 Å². The van der Waals surface area contributed by atoms with Crippen LogP contribution in [0.3, 0.4) is 0 Å². The van der Waals surface area contributed by atoms with Gasteiger partial charge < -0.3 is 4.74 Å². The average molecular weight is 201 g/mol. The first-order valence-corrected chi connectivity index (χ1v) is 5.66. The van der Waals surface area contributed by atoms with Crippen LogP contribution in [0.1, 0.15) is 12.7 Å². The van der Waals surface area contributed by atoms with Crippen LogP contribution in [-0.2, 0) is 17.0 Å². The molecule has 0 amide bonds. The normalized spacial score (nSPS) is 10.6. The van der Waals surface area contributed by atoms with E-state index in [4.69, 9.17) is 4.74 Å². The number of nitrogens with one attached hydrogen (secondary N) is 1. The van der Waals surface area contributed by atoms with Crippen molar-refractivity contribution in [2.24, 2.45) is 0 Å². The molecule has 0 saturated carbocycles. The van der Waals surface area contributed by atoms with Crippen LogP contribution in [0.15, 0.2) is 12.4 Å². The number of nitrogens with zero attached hydrogens (tertiary/aromatic N) is 1. The van der Waals surface area contributed by atoms with E-state index in [1.165, 1.54) is 5.82 Å². The van der Waals surface area contributed by atoms with E-state index in [1.54, 1.807) is 7.11 Å². The molecule has 0 spiro atoms. The summed E-state index contributed by atoms with van der Waals surface area (Å²) in [6.07, 6.45) is 4.03. The van der Waals surface area contributed by atoms with Crippen LogP contribution < -0.4 is 4.57 Å². The Morgan fingerprint density at radius 2 is 2.46 bits per heavy atom. The minimum Gasteiger partial charge on any atom is -0.381 e. The molecule has 1 aromatic heterocycles. The molecule has 4 heteroatoms. The van der Waals surface area contributed by atoms with Gasteiger partial charge in [0.05, 0.1) is 12.4 Å². The minimum absolute atomic E-state index is 0.770. The number of rotatable bonds is 6. The molecular weight excluding hydrogens is 184 g/mol. The molecule has 1 heterocycles. The highest BCUT2D eigenvalue weighted by atomic mass is 32.2. The van der Waals surface area contributed by atoms with Gasteiger partial charge in [-0.1, -0.05) is 6.92 Å². The van der Waals surface area contributed by atoms with Gasteiger partial charge >= 0.3 is 0 Å². The maximum Gasteiger partial charge on any atom is 0.264 e. The molecular formula is C9H17N2OS+. The number of hydrogen-bond donors (Lipinski definition) is 1. The van der Waals surface area contributed by atoms with E-state index in [0.29, 0.717) is 0 Å². The van der Waals surface area contributed by atoms with Crippen molar-refractivity contribution >= 4 is 11.8 Å². The Balaban J connectivity index is 2.45. The van der Waals surface area contributed by atoms with E-state index in [0.717, 1.165) is 24.7 Å². The highest BCUT2D eigenvalue weighted by molar-refractivity contribution is 7.98. The second-order valence-electron chi connectivity index (χ2n) is 2.73. The third-order valence-electron chi connectivity index (χ3n) is 1.83. The number of aromatic nitrogens is 2. The molecule has 0 bridgehead atoms. The van der Waals surface area contributed by atoms with Crippen LogP contribution in [0.25, 0.3) is 0 Å². The molecule has 0 aliphatic carbocycles. The molecule has 74 valence electrons. The largest absolute Gasteiger partial charge is 0.381 e. The number of ether oxygens (including phenoxy) is 1. The van der Waals surface area contributed by atoms with Gasteiger partial charge in [-0.3, -0.25) is 0 Å². The summed E-state index contributed by atoms with van der Waals surface area (Å²) >= 11 is 1.92. The summed E-state index contributed by atoms with van der Waals surface area (Å²) in [5, 5.41) is 0. The fraction of sp³-hybridized carbons (Fsp3) is 0.667. The molecule has 1 N–H and O–H groups in total. The number of hydrogen-bond acceptors (Lipinski definition) is 2. The van der Waals surface area contributed by atoms with Gasteiger partial charge in [-0.05, 0) is 5.75 Å². The maximum absolute atomic E-state index is 5.03. The van der Waals surface area contributed by atoms with Crippen LogP contribution in [-0.4, -0.2) is 24.5 Å². The number of imidazole rings is 1. The fourth-order valence-electron chi connectivity index (χ4n) is 1.12. The molecule has 3 nitrogen and oxygen atoms in total. The zero-order valence-electron chi connectivity index (χ0n) is 8.25. The lowest BCUT2D eigenvalue weighted by Gasteiger charge is -1.99. The molecule has 0 aromatic carbocycles. The van der Waals surface area contributed by atoms with Crippen LogP contribution in [0, 0.1) is 0 Å². The summed E-state index contributed by atoms with van der Waals surface area (Å²) in [7, 11) is 1.73. The number of thioether (sulfide) groups is 1. The van der Waals surface area contributed by atoms with Gasteiger partial charge in [-0.15, -0.1) is 11.8 Å². The van der Waals surface area contributed by atoms with E-state index in [-0.39, 0.29) is 0 Å². The van der Waals surface area contributed by atoms with E-state index in [9.17, 15) is 0 Å². The molecule has 0 unspecified atom stereocenters. The van der Waals surface area contributed by atoms with Gasteiger partial charge in [0.1, 0.15) is 18.9 Å². The molecule has 0 fully saturated rings. The third-order valence-corrected chi connectivity index (χ3v) is 2.72. The molecule has 1 aromatic rings. The standard InChI is InChI=1S/C9H16N2OS/c1-3-13-8-9-10-4-5-11(9)6-7-12-2/h4-5H,3,6-8H2,1-2H3/p+1. The van der Waals surface area contributed by atoms with E-state index in [2.05, 4.69) is 22.7 Å². The Kier molecular flexibility index (Phi) is 4.93. The van der Waals surface area contributed by atoms with Crippen molar-refractivity contribution < 1.29 is 9.30 Å². The Morgan fingerprint density at radius 1 is 1.62 bits per heavy atom. The molecule has 0 radical (unpaired) electrons. The number of H-pyrrole nitrogens is 1. The smallest absolute Gasteiger partial charge is 0.264 e. The van der Waals surface area contributed by atoms with E-state index < -0.39 is 0 Å². The summed E-state index contributed by atoms with van der Waals surface area (Å²) in [6.45, 7) is 3.87. The lowest BCUT2D eigenvalue weighted by Crippen LogP contribution is -2.37. The molecule has 13 heavy (non-hydrogen) atoms. The van der Waals surface area contributed by atoms with Crippen LogP contribution in [0.2, 0.25) is 0 Å². The van der Waals surface area contributed by atoms with E-state index >= 15 is 0 Å². The second kappa shape index (κ2) is 6.05. The molecule has 0 aliphatic rings. The monoisotopic (exact) mass is 201 g/mol. The van der Waals surface area contributed by atoms with Crippen molar-refractivity contribution in [1.82, 2.24) is 4.98 Å². The Morgan fingerprint density at radius 3 is 3.15 bits per heavy atom. The van der Waals surface area contributed by atoms with Crippen molar-refractivity contribution in [3.63, 3.8) is 0 Å². The topological polar surface area (TPSA) is 28.9 Å². The first-order chi connectivity index (χ1) is 6.38. The molecule has 0 saturated heterocycles. The quantitative estimate of drug-likeness (QED) is 0.701. The first-order valence-electron chi connectivity index (χ1n) is 4.50. The first kappa shape index (κ1) is 10.6. The lowest BCUT2D eigenvalue weighted by atomic mass is 10.6. The Bertz CT molecular complexity index is 215. The highest BCUT2D eigenvalue weighted by Gasteiger charge is 2.08. The van der Waals surface area contributed by atoms with Gasteiger partial charge in [0.15, 0.2) is 0 Å². The van der Waals surface area contributed by atoms with Crippen LogP contribution in [0.5, 0.6) is 0 Å². The summed E-state index contributed by atoms with van der Waals surface area (Å²) < 4.78 is 7.23. The maximum atomic E-state index is 5.03. The van der Waals surface area contributed by atoms with Crippen molar-refractivity contribution in [1.29, 1.82) is 0 Å². The summed E-state index contributed by atoms with van der Waals surface area (Å²) in [5.74, 6) is 3.47. The van der Waals surface area contributed by atoms with E-state index in [1.807, 2.05) is 18.0 Å². The zero-order chi connectivity index (χ0) is 9.52. The molecule has 0 atom stereocenters. The third kappa shape index (κ3) is 3.40. The van der Waals surface area contributed by atoms with Crippen molar-refractivity contribution in [3.8, 4) is 0 Å². The number of aromatic amines is 1. The molecule has 0 aliphatic heterocycles. The SMILES string of the molecule is CCSCc1[nH]cc[n+]1CCOC. The summed E-state index contributed by atoms with van der Waals surface area (Å²) in [4.78, 5) is 3.24. The molecule has 1 rings (SSSR count). The predicted molar refractivity (Wildman–Crippen MR) is 54.7 cm³/mol. The Labute approximate surface area is 83.5 Å². The summed E-state index contributed by atoms with van der Waals surface area (Å²) in [5.41, 5.74) is 0. The minimum atomic E-state index is 0.770. The van der Waals surface area contributed by atoms with Crippen LogP contribution >= 0.6 is 11.8 Å². The summed E-state index contributed by atoms with van der Waals surface area (Å²) in [6, 6.07) is 0. The van der Waals surface area contributed by atoms with Gasteiger partial charge in [-0.2, -0.15) is 0 Å². The second-order valence-corrected chi connectivity index (χ2v) is 4.00.